The number of hydrogen-bond donors (Lipinski definition) is 4. The first kappa shape index (κ1) is 22.5. The lowest BCUT2D eigenvalue weighted by Gasteiger charge is -2.16. The number of imidazole rings is 2. The lowest BCUT2D eigenvalue weighted by Crippen LogP contribution is -2.28. The Hall–Kier alpha value is -5.50. The molecule has 1 unspecified atom stereocenters. The van der Waals surface area contributed by atoms with E-state index in [9.17, 15) is 4.79 Å². The third-order valence-corrected chi connectivity index (χ3v) is 7.64. The van der Waals surface area contributed by atoms with E-state index in [2.05, 4.69) is 60.6 Å². The van der Waals surface area contributed by atoms with E-state index in [4.69, 9.17) is 4.98 Å². The van der Waals surface area contributed by atoms with Crippen LogP contribution in [0.1, 0.15) is 33.2 Å². The van der Waals surface area contributed by atoms with Crippen LogP contribution in [0.4, 0.5) is 0 Å². The normalized spacial score (nSPS) is 14.0. The third-order valence-electron chi connectivity index (χ3n) is 7.64. The molecule has 40 heavy (non-hydrogen) atoms. The Morgan fingerprint density at radius 3 is 2.65 bits per heavy atom. The average Bonchev–Trinajstić information content (AvgIpc) is 3.78. The topological polar surface area (TPSA) is 115 Å². The second-order valence-electron chi connectivity index (χ2n) is 10.1. The molecule has 0 radical (unpaired) electrons. The molecule has 4 heterocycles. The third kappa shape index (κ3) is 3.39. The lowest BCUT2D eigenvalue weighted by molar-refractivity contribution is 0.0945. The van der Waals surface area contributed by atoms with Crippen molar-refractivity contribution in [2.24, 2.45) is 0 Å². The van der Waals surface area contributed by atoms with Gasteiger partial charge in [0.15, 0.2) is 0 Å². The fourth-order valence-corrected chi connectivity index (χ4v) is 5.82. The predicted octanol–water partition coefficient (Wildman–Crippen LogP) is 6.30. The average molecular weight is 522 g/mol. The molecule has 0 saturated carbocycles. The number of aromatic nitrogens is 6. The van der Waals surface area contributed by atoms with Gasteiger partial charge in [-0.05, 0) is 59.5 Å². The van der Waals surface area contributed by atoms with Crippen molar-refractivity contribution < 1.29 is 4.79 Å². The summed E-state index contributed by atoms with van der Waals surface area (Å²) >= 11 is 0. The molecule has 0 saturated heterocycles. The number of fused-ring (bicyclic) bond motifs is 5. The van der Waals surface area contributed by atoms with Crippen molar-refractivity contribution in [3.05, 3.63) is 114 Å². The number of hydrogen-bond acceptors (Lipinski definition) is 4. The van der Waals surface area contributed by atoms with E-state index in [-0.39, 0.29) is 11.9 Å². The van der Waals surface area contributed by atoms with Crippen molar-refractivity contribution >= 4 is 28.0 Å². The highest BCUT2D eigenvalue weighted by Gasteiger charge is 2.32. The Morgan fingerprint density at radius 2 is 1.75 bits per heavy atom. The molecule has 1 aliphatic carbocycles. The van der Waals surface area contributed by atoms with Crippen molar-refractivity contribution in [1.82, 2.24) is 35.2 Å². The molecule has 8 heteroatoms. The van der Waals surface area contributed by atoms with Gasteiger partial charge in [0.1, 0.15) is 17.3 Å². The molecule has 8 rings (SSSR count). The van der Waals surface area contributed by atoms with Crippen molar-refractivity contribution in [3.8, 4) is 33.9 Å². The number of carbonyl (C=O) groups is 1. The zero-order chi connectivity index (χ0) is 26.8. The number of carbonyl (C=O) groups excluding carboxylic acids is 1. The van der Waals surface area contributed by atoms with Gasteiger partial charge in [0, 0.05) is 40.8 Å². The molecular formula is C32H23N7O. The molecule has 4 N–H and O–H groups in total. The van der Waals surface area contributed by atoms with E-state index >= 15 is 0 Å². The molecular weight excluding hydrogens is 498 g/mol. The number of benzene rings is 3. The second-order valence-corrected chi connectivity index (χ2v) is 10.1. The zero-order valence-electron chi connectivity index (χ0n) is 21.5. The molecule has 0 aliphatic heterocycles. The molecule has 7 aromatic rings. The van der Waals surface area contributed by atoms with E-state index in [1.54, 1.807) is 18.5 Å². The number of nitrogens with zero attached hydrogens (tertiary/aromatic N) is 3. The first-order valence-electron chi connectivity index (χ1n) is 13.1. The molecule has 4 aromatic heterocycles. The largest absolute Gasteiger partial charge is 0.346 e. The van der Waals surface area contributed by atoms with Crippen LogP contribution in [0.25, 0.3) is 56.0 Å². The number of aryl methyl sites for hydroxylation is 1. The number of aromatic amines is 3. The summed E-state index contributed by atoms with van der Waals surface area (Å²) in [5.74, 6) is 1.47. The number of amides is 1. The number of rotatable bonds is 4. The van der Waals surface area contributed by atoms with E-state index in [0.29, 0.717) is 11.2 Å². The second kappa shape index (κ2) is 8.51. The van der Waals surface area contributed by atoms with E-state index in [1.165, 1.54) is 0 Å². The van der Waals surface area contributed by atoms with Gasteiger partial charge < -0.3 is 20.3 Å². The van der Waals surface area contributed by atoms with Gasteiger partial charge in [-0.25, -0.2) is 15.0 Å². The van der Waals surface area contributed by atoms with Crippen LogP contribution in [0.15, 0.2) is 91.4 Å². The summed E-state index contributed by atoms with van der Waals surface area (Å²) in [5, 5.41) is 4.10. The van der Waals surface area contributed by atoms with Gasteiger partial charge in [0.05, 0.1) is 22.6 Å². The van der Waals surface area contributed by atoms with Crippen molar-refractivity contribution in [1.29, 1.82) is 0 Å². The van der Waals surface area contributed by atoms with Crippen LogP contribution in [0.5, 0.6) is 0 Å². The maximum absolute atomic E-state index is 13.6. The van der Waals surface area contributed by atoms with E-state index in [1.807, 2.05) is 49.5 Å². The molecule has 1 atom stereocenters. The maximum Gasteiger partial charge on any atom is 0.252 e. The lowest BCUT2D eigenvalue weighted by atomic mass is 9.98. The minimum atomic E-state index is -0.293. The van der Waals surface area contributed by atoms with Gasteiger partial charge in [0.25, 0.3) is 5.91 Å². The highest BCUT2D eigenvalue weighted by molar-refractivity contribution is 6.06. The van der Waals surface area contributed by atoms with Crippen LogP contribution in [0, 0.1) is 6.92 Å². The highest BCUT2D eigenvalue weighted by Crippen LogP contribution is 2.47. The van der Waals surface area contributed by atoms with Crippen molar-refractivity contribution in [2.45, 2.75) is 13.0 Å². The molecule has 192 valence electrons. The van der Waals surface area contributed by atoms with Gasteiger partial charge in [-0.3, -0.25) is 4.79 Å². The summed E-state index contributed by atoms with van der Waals surface area (Å²) in [4.78, 5) is 37.2. The highest BCUT2D eigenvalue weighted by atomic mass is 16.1. The maximum atomic E-state index is 13.6. The SMILES string of the molecule is Cc1cnc(-c2ccc3nc(-c4cccc5c4-c4ccccc4C5NC(=O)c4ccnc5[nH]ccc45)[nH]c3c2)[nH]1. The van der Waals surface area contributed by atoms with Crippen LogP contribution in [-0.2, 0) is 0 Å². The molecule has 0 bridgehead atoms. The van der Waals surface area contributed by atoms with Crippen LogP contribution >= 0.6 is 0 Å². The quantitative estimate of drug-likeness (QED) is 0.217. The minimum absolute atomic E-state index is 0.144. The zero-order valence-corrected chi connectivity index (χ0v) is 21.5. The Balaban J connectivity index is 1.22. The van der Waals surface area contributed by atoms with Gasteiger partial charge in [-0.2, -0.15) is 0 Å². The summed E-state index contributed by atoms with van der Waals surface area (Å²) in [7, 11) is 0. The fourth-order valence-electron chi connectivity index (χ4n) is 5.82. The van der Waals surface area contributed by atoms with Crippen LogP contribution in [0.3, 0.4) is 0 Å². The summed E-state index contributed by atoms with van der Waals surface area (Å²) in [6.45, 7) is 1.99. The van der Waals surface area contributed by atoms with Crippen LogP contribution in [0.2, 0.25) is 0 Å². The number of H-pyrrole nitrogens is 3. The van der Waals surface area contributed by atoms with Crippen molar-refractivity contribution in [3.63, 3.8) is 0 Å². The number of nitrogens with one attached hydrogen (secondary N) is 4. The Kier molecular flexibility index (Phi) is 4.78. The van der Waals surface area contributed by atoms with Crippen LogP contribution in [-0.4, -0.2) is 35.8 Å². The summed E-state index contributed by atoms with van der Waals surface area (Å²) < 4.78 is 0. The van der Waals surface area contributed by atoms with Gasteiger partial charge in [-0.1, -0.05) is 42.5 Å². The summed E-state index contributed by atoms with van der Waals surface area (Å²) in [6.07, 6.45) is 5.28. The van der Waals surface area contributed by atoms with Crippen molar-refractivity contribution in [2.75, 3.05) is 0 Å². The van der Waals surface area contributed by atoms with Gasteiger partial charge >= 0.3 is 0 Å². The molecule has 1 aliphatic rings. The first-order valence-corrected chi connectivity index (χ1v) is 13.1. The molecule has 3 aromatic carbocycles. The fraction of sp³-hybridized carbons (Fsp3) is 0.0625. The number of pyridine rings is 1. The van der Waals surface area contributed by atoms with E-state index in [0.717, 1.165) is 67.1 Å². The smallest absolute Gasteiger partial charge is 0.252 e. The molecule has 0 fully saturated rings. The summed E-state index contributed by atoms with van der Waals surface area (Å²) in [5.41, 5.74) is 10.4. The van der Waals surface area contributed by atoms with Crippen LogP contribution < -0.4 is 5.32 Å². The predicted molar refractivity (Wildman–Crippen MR) is 155 cm³/mol. The Morgan fingerprint density at radius 1 is 0.875 bits per heavy atom. The standard InChI is InChI=1S/C32H23N7O/c1-17-16-35-29(36-17)18-9-10-25-26(15-18)38-31(37-25)24-8-4-7-23-27(24)19-5-2-3-6-20(19)28(23)39-32(40)22-12-14-34-30-21(22)11-13-33-30/h2-16,28H,1H3,(H,33,34)(H,35,36)(H,37,38)(H,39,40). The first-order chi connectivity index (χ1) is 19.6. The van der Waals surface area contributed by atoms with E-state index < -0.39 is 0 Å². The monoisotopic (exact) mass is 521 g/mol. The van der Waals surface area contributed by atoms with Gasteiger partial charge in [0.2, 0.25) is 0 Å². The summed E-state index contributed by atoms with van der Waals surface area (Å²) in [6, 6.07) is 23.9. The van der Waals surface area contributed by atoms with Gasteiger partial charge in [-0.15, -0.1) is 0 Å². The molecule has 0 spiro atoms. The Bertz CT molecular complexity index is 2100. The minimum Gasteiger partial charge on any atom is -0.346 e. The molecule has 8 nitrogen and oxygen atoms in total. The Labute approximate surface area is 228 Å². The molecule has 1 amide bonds.